The number of fused-ring (bicyclic) bond motifs is 1. The van der Waals surface area contributed by atoms with Gasteiger partial charge in [-0.3, -0.25) is 9.59 Å². The van der Waals surface area contributed by atoms with E-state index in [-0.39, 0.29) is 11.8 Å². The Balaban J connectivity index is 1.71. The summed E-state index contributed by atoms with van der Waals surface area (Å²) in [5.41, 5.74) is 4.94. The van der Waals surface area contributed by atoms with Gasteiger partial charge in [-0.15, -0.1) is 0 Å². The largest absolute Gasteiger partial charge is 0.348 e. The van der Waals surface area contributed by atoms with Crippen LogP contribution in [-0.4, -0.2) is 18.4 Å². The van der Waals surface area contributed by atoms with Gasteiger partial charge in [0.1, 0.15) is 0 Å². The lowest BCUT2D eigenvalue weighted by molar-refractivity contribution is -0.118. The molecular formula is C20H22N2O2. The predicted molar refractivity (Wildman–Crippen MR) is 95.1 cm³/mol. The van der Waals surface area contributed by atoms with Gasteiger partial charge in [-0.05, 0) is 48.2 Å². The summed E-state index contributed by atoms with van der Waals surface area (Å²) in [7, 11) is 0. The van der Waals surface area contributed by atoms with E-state index in [0.29, 0.717) is 25.1 Å². The van der Waals surface area contributed by atoms with Gasteiger partial charge < -0.3 is 10.2 Å². The molecule has 2 amide bonds. The lowest BCUT2D eigenvalue weighted by Crippen LogP contribution is -2.27. The molecule has 0 bridgehead atoms. The van der Waals surface area contributed by atoms with Crippen LogP contribution in [0, 0.1) is 6.92 Å². The van der Waals surface area contributed by atoms with Crippen molar-refractivity contribution in [3.05, 3.63) is 64.7 Å². The molecule has 4 heteroatoms. The van der Waals surface area contributed by atoms with Crippen molar-refractivity contribution in [1.82, 2.24) is 5.32 Å². The fourth-order valence-corrected chi connectivity index (χ4v) is 3.08. The van der Waals surface area contributed by atoms with E-state index in [9.17, 15) is 9.59 Å². The minimum atomic E-state index is -0.0821. The summed E-state index contributed by atoms with van der Waals surface area (Å²) in [5.74, 6) is 0.0480. The van der Waals surface area contributed by atoms with Crippen LogP contribution < -0.4 is 10.2 Å². The maximum atomic E-state index is 12.4. The Morgan fingerprint density at radius 3 is 2.71 bits per heavy atom. The molecule has 0 radical (unpaired) electrons. The lowest BCUT2D eigenvalue weighted by Gasteiger charge is -2.16. The highest BCUT2D eigenvalue weighted by Crippen LogP contribution is 2.29. The average Bonchev–Trinajstić information content (AvgIpc) is 3.03. The number of nitrogens with zero attached hydrogens (tertiary/aromatic N) is 1. The third-order valence-electron chi connectivity index (χ3n) is 4.54. The van der Waals surface area contributed by atoms with E-state index in [1.807, 2.05) is 55.1 Å². The van der Waals surface area contributed by atoms with Gasteiger partial charge in [-0.2, -0.15) is 0 Å². The minimum absolute atomic E-state index is 0.0821. The molecule has 3 rings (SSSR count). The van der Waals surface area contributed by atoms with E-state index in [4.69, 9.17) is 0 Å². The number of amides is 2. The molecule has 2 aromatic carbocycles. The van der Waals surface area contributed by atoms with Crippen LogP contribution >= 0.6 is 0 Å². The van der Waals surface area contributed by atoms with Crippen molar-refractivity contribution < 1.29 is 9.59 Å². The molecule has 124 valence electrons. The molecule has 0 fully saturated rings. The minimum Gasteiger partial charge on any atom is -0.348 e. The SMILES string of the molecule is CCC(=O)N1CCc2cc(C(=O)NCc3ccccc3C)ccc21. The van der Waals surface area contributed by atoms with Crippen LogP contribution in [0.4, 0.5) is 5.69 Å². The summed E-state index contributed by atoms with van der Waals surface area (Å²) in [6.07, 6.45) is 1.30. The topological polar surface area (TPSA) is 49.4 Å². The normalized spacial score (nSPS) is 12.8. The third kappa shape index (κ3) is 3.18. The predicted octanol–water partition coefficient (Wildman–Crippen LogP) is 3.22. The molecule has 2 aromatic rings. The molecule has 0 aromatic heterocycles. The molecule has 4 nitrogen and oxygen atoms in total. The molecule has 0 aliphatic carbocycles. The number of anilines is 1. The molecule has 0 spiro atoms. The number of rotatable bonds is 4. The average molecular weight is 322 g/mol. The van der Waals surface area contributed by atoms with Crippen LogP contribution in [0.25, 0.3) is 0 Å². The maximum Gasteiger partial charge on any atom is 0.251 e. The van der Waals surface area contributed by atoms with Crippen LogP contribution in [0.2, 0.25) is 0 Å². The second kappa shape index (κ2) is 6.87. The van der Waals surface area contributed by atoms with Crippen molar-refractivity contribution in [3.8, 4) is 0 Å². The second-order valence-electron chi connectivity index (χ2n) is 6.10. The summed E-state index contributed by atoms with van der Waals surface area (Å²) >= 11 is 0. The van der Waals surface area contributed by atoms with Crippen LogP contribution in [0.15, 0.2) is 42.5 Å². The van der Waals surface area contributed by atoms with Crippen molar-refractivity contribution >= 4 is 17.5 Å². The van der Waals surface area contributed by atoms with Gasteiger partial charge >= 0.3 is 0 Å². The number of carbonyl (C=O) groups excluding carboxylic acids is 2. The fraction of sp³-hybridized carbons (Fsp3) is 0.300. The van der Waals surface area contributed by atoms with Crippen LogP contribution in [0.3, 0.4) is 0 Å². The van der Waals surface area contributed by atoms with Crippen molar-refractivity contribution in [2.45, 2.75) is 33.2 Å². The Kier molecular flexibility index (Phi) is 4.65. The van der Waals surface area contributed by atoms with Crippen molar-refractivity contribution in [3.63, 3.8) is 0 Å². The Bertz CT molecular complexity index is 783. The standard InChI is InChI=1S/C20H22N2O2/c1-3-19(23)22-11-10-15-12-16(8-9-18(15)22)20(24)21-13-17-7-5-4-6-14(17)2/h4-9,12H,3,10-11,13H2,1-2H3,(H,21,24). The van der Waals surface area contributed by atoms with E-state index < -0.39 is 0 Å². The second-order valence-corrected chi connectivity index (χ2v) is 6.10. The number of carbonyl (C=O) groups is 2. The van der Waals surface area contributed by atoms with Gasteiger partial charge in [0.2, 0.25) is 5.91 Å². The molecule has 1 N–H and O–H groups in total. The molecule has 0 saturated carbocycles. The zero-order chi connectivity index (χ0) is 17.1. The smallest absolute Gasteiger partial charge is 0.251 e. The Labute approximate surface area is 142 Å². The highest BCUT2D eigenvalue weighted by Gasteiger charge is 2.24. The first kappa shape index (κ1) is 16.2. The first-order valence-electron chi connectivity index (χ1n) is 8.36. The van der Waals surface area contributed by atoms with Gasteiger partial charge in [0, 0.05) is 30.8 Å². The fourth-order valence-electron chi connectivity index (χ4n) is 3.08. The summed E-state index contributed by atoms with van der Waals surface area (Å²) < 4.78 is 0. The summed E-state index contributed by atoms with van der Waals surface area (Å²) in [6.45, 7) is 5.13. The van der Waals surface area contributed by atoms with Crippen molar-refractivity contribution in [2.24, 2.45) is 0 Å². The summed E-state index contributed by atoms with van der Waals surface area (Å²) in [4.78, 5) is 26.2. The van der Waals surface area contributed by atoms with Gasteiger partial charge in [0.15, 0.2) is 0 Å². The van der Waals surface area contributed by atoms with Gasteiger partial charge in [0.25, 0.3) is 5.91 Å². The Hall–Kier alpha value is -2.62. The van der Waals surface area contributed by atoms with E-state index in [1.54, 1.807) is 6.07 Å². The number of nitrogens with one attached hydrogen (secondary N) is 1. The number of hydrogen-bond donors (Lipinski definition) is 1. The zero-order valence-electron chi connectivity index (χ0n) is 14.1. The monoisotopic (exact) mass is 322 g/mol. The Morgan fingerprint density at radius 2 is 1.96 bits per heavy atom. The number of benzene rings is 2. The molecule has 1 heterocycles. The first-order chi connectivity index (χ1) is 11.6. The zero-order valence-corrected chi connectivity index (χ0v) is 14.1. The molecule has 0 unspecified atom stereocenters. The van der Waals surface area contributed by atoms with Crippen molar-refractivity contribution in [2.75, 3.05) is 11.4 Å². The van der Waals surface area contributed by atoms with Gasteiger partial charge in [0.05, 0.1) is 0 Å². The van der Waals surface area contributed by atoms with Crippen LogP contribution in [0.1, 0.15) is 40.4 Å². The molecule has 0 saturated heterocycles. The van der Waals surface area contributed by atoms with Crippen molar-refractivity contribution in [1.29, 1.82) is 0 Å². The van der Waals surface area contributed by atoms with Gasteiger partial charge in [-0.1, -0.05) is 31.2 Å². The highest BCUT2D eigenvalue weighted by molar-refractivity contribution is 5.98. The van der Waals surface area contributed by atoms with Gasteiger partial charge in [-0.25, -0.2) is 0 Å². The number of aryl methyl sites for hydroxylation is 1. The van der Waals surface area contributed by atoms with E-state index in [1.165, 1.54) is 5.56 Å². The quantitative estimate of drug-likeness (QED) is 0.939. The Morgan fingerprint density at radius 1 is 1.17 bits per heavy atom. The van der Waals surface area contributed by atoms with E-state index >= 15 is 0 Å². The molecule has 24 heavy (non-hydrogen) atoms. The highest BCUT2D eigenvalue weighted by atomic mass is 16.2. The molecular weight excluding hydrogens is 300 g/mol. The number of hydrogen-bond acceptors (Lipinski definition) is 2. The maximum absolute atomic E-state index is 12.4. The van der Waals surface area contributed by atoms with E-state index in [0.717, 1.165) is 23.2 Å². The van der Waals surface area contributed by atoms with E-state index in [2.05, 4.69) is 5.32 Å². The molecule has 1 aliphatic heterocycles. The molecule has 1 aliphatic rings. The lowest BCUT2D eigenvalue weighted by atomic mass is 10.1. The first-order valence-corrected chi connectivity index (χ1v) is 8.36. The summed E-state index contributed by atoms with van der Waals surface area (Å²) in [5, 5.41) is 2.97. The third-order valence-corrected chi connectivity index (χ3v) is 4.54. The van der Waals surface area contributed by atoms with Crippen LogP contribution in [0.5, 0.6) is 0 Å². The molecule has 0 atom stereocenters. The van der Waals surface area contributed by atoms with Crippen LogP contribution in [-0.2, 0) is 17.8 Å². The summed E-state index contributed by atoms with van der Waals surface area (Å²) in [6, 6.07) is 13.6.